The number of ether oxygens (including phenoxy) is 1. The Bertz CT molecular complexity index is 428. The van der Waals surface area contributed by atoms with Crippen LogP contribution in [0.25, 0.3) is 0 Å². The van der Waals surface area contributed by atoms with Gasteiger partial charge in [0.1, 0.15) is 5.76 Å². The van der Waals surface area contributed by atoms with Crippen molar-refractivity contribution in [2.75, 3.05) is 13.2 Å². The molecule has 3 rings (SSSR count). The molecule has 1 aliphatic carbocycles. The van der Waals surface area contributed by atoms with Crippen LogP contribution in [-0.4, -0.2) is 18.8 Å². The molecule has 2 unspecified atom stereocenters. The second-order valence-corrected chi connectivity index (χ2v) is 6.19. The number of furan rings is 1. The molecule has 1 saturated heterocycles. The maximum absolute atomic E-state index is 6.02. The fourth-order valence-electron chi connectivity index (χ4n) is 3.48. The molecule has 1 aliphatic heterocycles. The molecule has 2 atom stereocenters. The molecule has 1 N–H and O–H groups in total. The second-order valence-electron chi connectivity index (χ2n) is 5.82. The van der Waals surface area contributed by atoms with Crippen LogP contribution in [-0.2, 0) is 4.74 Å². The molecule has 1 aromatic rings. The lowest BCUT2D eigenvalue weighted by Gasteiger charge is -2.48. The summed E-state index contributed by atoms with van der Waals surface area (Å²) in [6.45, 7) is 3.95. The van der Waals surface area contributed by atoms with Crippen LogP contribution in [0.3, 0.4) is 0 Å². The largest absolute Gasteiger partial charge is 0.448 e. The smallest absolute Gasteiger partial charge is 0.193 e. The average Bonchev–Trinajstić information content (AvgIpc) is 2.80. The van der Waals surface area contributed by atoms with Gasteiger partial charge in [-0.2, -0.15) is 0 Å². The molecule has 4 heteroatoms. The lowest BCUT2D eigenvalue weighted by molar-refractivity contribution is -0.148. The summed E-state index contributed by atoms with van der Waals surface area (Å²) in [6, 6.07) is 4.09. The van der Waals surface area contributed by atoms with Gasteiger partial charge in [-0.1, -0.05) is 6.92 Å². The van der Waals surface area contributed by atoms with E-state index < -0.39 is 0 Å². The quantitative estimate of drug-likeness (QED) is 0.909. The molecular formula is C15H22ClNO2. The van der Waals surface area contributed by atoms with Gasteiger partial charge in [0.15, 0.2) is 5.22 Å². The SMILES string of the molecule is CCNC(c1ccc(Cl)o1)C1CCOC2(CCC2)C1. The van der Waals surface area contributed by atoms with Crippen molar-refractivity contribution in [2.24, 2.45) is 5.92 Å². The van der Waals surface area contributed by atoms with E-state index in [1.807, 2.05) is 12.1 Å². The van der Waals surface area contributed by atoms with E-state index in [1.54, 1.807) is 0 Å². The highest BCUT2D eigenvalue weighted by atomic mass is 35.5. The highest BCUT2D eigenvalue weighted by molar-refractivity contribution is 6.28. The zero-order chi connectivity index (χ0) is 13.3. The minimum absolute atomic E-state index is 0.174. The zero-order valence-electron chi connectivity index (χ0n) is 11.5. The van der Waals surface area contributed by atoms with Gasteiger partial charge in [-0.15, -0.1) is 0 Å². The molecular weight excluding hydrogens is 262 g/mol. The van der Waals surface area contributed by atoms with E-state index in [-0.39, 0.29) is 11.6 Å². The van der Waals surface area contributed by atoms with Crippen molar-refractivity contribution in [1.29, 1.82) is 0 Å². The number of hydrogen-bond donors (Lipinski definition) is 1. The first-order valence-corrected chi connectivity index (χ1v) is 7.73. The van der Waals surface area contributed by atoms with E-state index in [0.29, 0.717) is 11.1 Å². The van der Waals surface area contributed by atoms with Gasteiger partial charge in [0, 0.05) is 6.61 Å². The Balaban J connectivity index is 1.75. The summed E-state index contributed by atoms with van der Waals surface area (Å²) in [6.07, 6.45) is 5.99. The normalized spacial score (nSPS) is 27.2. The molecule has 0 aromatic carbocycles. The third-order valence-electron chi connectivity index (χ3n) is 4.59. The van der Waals surface area contributed by atoms with E-state index >= 15 is 0 Å². The van der Waals surface area contributed by atoms with E-state index in [1.165, 1.54) is 19.3 Å². The highest BCUT2D eigenvalue weighted by Gasteiger charge is 2.44. The van der Waals surface area contributed by atoms with Crippen molar-refractivity contribution in [3.8, 4) is 0 Å². The molecule has 0 radical (unpaired) electrons. The average molecular weight is 284 g/mol. The molecule has 19 heavy (non-hydrogen) atoms. The minimum Gasteiger partial charge on any atom is -0.448 e. The lowest BCUT2D eigenvalue weighted by atomic mass is 9.70. The first-order chi connectivity index (χ1) is 9.22. The Kier molecular flexibility index (Phi) is 3.88. The van der Waals surface area contributed by atoms with Crippen molar-refractivity contribution in [3.63, 3.8) is 0 Å². The van der Waals surface area contributed by atoms with Crippen LogP contribution < -0.4 is 5.32 Å². The summed E-state index contributed by atoms with van der Waals surface area (Å²) in [5, 5.41) is 4.04. The maximum atomic E-state index is 6.02. The Hall–Kier alpha value is -0.510. The summed E-state index contributed by atoms with van der Waals surface area (Å²) < 4.78 is 11.6. The number of rotatable bonds is 4. The fourth-order valence-corrected chi connectivity index (χ4v) is 3.64. The Labute approximate surface area is 119 Å². The Morgan fingerprint density at radius 3 is 2.89 bits per heavy atom. The molecule has 1 spiro atoms. The molecule has 0 amide bonds. The van der Waals surface area contributed by atoms with E-state index in [4.69, 9.17) is 20.8 Å². The van der Waals surface area contributed by atoms with E-state index in [9.17, 15) is 0 Å². The monoisotopic (exact) mass is 283 g/mol. The van der Waals surface area contributed by atoms with Gasteiger partial charge in [0.25, 0.3) is 0 Å². The van der Waals surface area contributed by atoms with Crippen LogP contribution in [0.15, 0.2) is 16.5 Å². The van der Waals surface area contributed by atoms with Gasteiger partial charge in [0.2, 0.25) is 0 Å². The Morgan fingerprint density at radius 2 is 2.32 bits per heavy atom. The highest BCUT2D eigenvalue weighted by Crippen LogP contribution is 2.47. The van der Waals surface area contributed by atoms with Gasteiger partial charge >= 0.3 is 0 Å². The molecule has 106 valence electrons. The molecule has 2 heterocycles. The van der Waals surface area contributed by atoms with E-state index in [0.717, 1.165) is 31.8 Å². The summed E-state index contributed by atoms with van der Waals surface area (Å²) in [5.41, 5.74) is 0.174. The number of halogens is 1. The Morgan fingerprint density at radius 1 is 1.47 bits per heavy atom. The van der Waals surface area contributed by atoms with Crippen molar-refractivity contribution in [2.45, 2.75) is 50.7 Å². The first kappa shape index (κ1) is 13.5. The minimum atomic E-state index is 0.174. The van der Waals surface area contributed by atoms with Gasteiger partial charge in [-0.3, -0.25) is 0 Å². The standard InChI is InChI=1S/C15H22ClNO2/c1-2-17-14(12-4-5-13(16)19-12)11-6-9-18-15(10-11)7-3-8-15/h4-5,11,14,17H,2-3,6-10H2,1H3. The summed E-state index contributed by atoms with van der Waals surface area (Å²) >= 11 is 5.92. The second kappa shape index (κ2) is 5.47. The van der Waals surface area contributed by atoms with Gasteiger partial charge in [0.05, 0.1) is 11.6 Å². The summed E-state index contributed by atoms with van der Waals surface area (Å²) in [4.78, 5) is 0. The third-order valence-corrected chi connectivity index (χ3v) is 4.79. The summed E-state index contributed by atoms with van der Waals surface area (Å²) in [5.74, 6) is 1.55. The predicted octanol–water partition coefficient (Wildman–Crippen LogP) is 3.93. The van der Waals surface area contributed by atoms with Crippen LogP contribution in [0.2, 0.25) is 5.22 Å². The molecule has 0 bridgehead atoms. The van der Waals surface area contributed by atoms with Gasteiger partial charge < -0.3 is 14.5 Å². The van der Waals surface area contributed by atoms with E-state index in [2.05, 4.69) is 12.2 Å². The van der Waals surface area contributed by atoms with Crippen LogP contribution >= 0.6 is 11.6 Å². The van der Waals surface area contributed by atoms with Crippen molar-refractivity contribution < 1.29 is 9.15 Å². The van der Waals surface area contributed by atoms with Gasteiger partial charge in [-0.25, -0.2) is 0 Å². The molecule has 2 aliphatic rings. The van der Waals surface area contributed by atoms with Crippen molar-refractivity contribution in [3.05, 3.63) is 23.1 Å². The van der Waals surface area contributed by atoms with Crippen LogP contribution in [0.5, 0.6) is 0 Å². The molecule has 1 saturated carbocycles. The molecule has 2 fully saturated rings. The summed E-state index contributed by atoms with van der Waals surface area (Å²) in [7, 11) is 0. The van der Waals surface area contributed by atoms with Crippen molar-refractivity contribution in [1.82, 2.24) is 5.32 Å². The lowest BCUT2D eigenvalue weighted by Crippen LogP contribution is -2.48. The topological polar surface area (TPSA) is 34.4 Å². The predicted molar refractivity (Wildman–Crippen MR) is 75.4 cm³/mol. The van der Waals surface area contributed by atoms with Crippen LogP contribution in [0.1, 0.15) is 50.8 Å². The fraction of sp³-hybridized carbons (Fsp3) is 0.733. The van der Waals surface area contributed by atoms with Crippen LogP contribution in [0.4, 0.5) is 0 Å². The van der Waals surface area contributed by atoms with Gasteiger partial charge in [-0.05, 0) is 68.3 Å². The molecule has 3 nitrogen and oxygen atoms in total. The number of hydrogen-bond acceptors (Lipinski definition) is 3. The maximum Gasteiger partial charge on any atom is 0.193 e. The third kappa shape index (κ3) is 2.69. The first-order valence-electron chi connectivity index (χ1n) is 7.35. The van der Waals surface area contributed by atoms with Crippen molar-refractivity contribution >= 4 is 11.6 Å². The van der Waals surface area contributed by atoms with Crippen LogP contribution in [0, 0.1) is 5.92 Å². The number of nitrogens with one attached hydrogen (secondary N) is 1. The molecule has 1 aromatic heterocycles. The zero-order valence-corrected chi connectivity index (χ0v) is 12.2.